The van der Waals surface area contributed by atoms with Crippen molar-refractivity contribution in [3.63, 3.8) is 0 Å². The normalized spacial score (nSPS) is 11.2. The van der Waals surface area contributed by atoms with Crippen LogP contribution < -0.4 is 10.1 Å². The zero-order chi connectivity index (χ0) is 18.6. The van der Waals surface area contributed by atoms with Crippen molar-refractivity contribution < 1.29 is 4.74 Å². The maximum Gasteiger partial charge on any atom is 0.180 e. The molecule has 8 nitrogen and oxygen atoms in total. The third kappa shape index (κ3) is 3.75. The van der Waals surface area contributed by atoms with Gasteiger partial charge in [-0.2, -0.15) is 5.10 Å². The maximum atomic E-state index is 5.73. The van der Waals surface area contributed by atoms with Crippen molar-refractivity contribution in [3.8, 4) is 17.0 Å². The molecule has 3 heterocycles. The number of aromatic amines is 1. The van der Waals surface area contributed by atoms with Gasteiger partial charge in [-0.25, -0.2) is 9.97 Å². The second-order valence-corrected chi connectivity index (χ2v) is 6.40. The molecule has 138 valence electrons. The molecule has 4 aromatic rings. The molecule has 27 heavy (non-hydrogen) atoms. The fraction of sp³-hybridized carbons (Fsp3) is 0.211. The summed E-state index contributed by atoms with van der Waals surface area (Å²) in [7, 11) is 4.05. The molecule has 0 fully saturated rings. The highest BCUT2D eigenvalue weighted by molar-refractivity contribution is 5.73. The predicted octanol–water partition coefficient (Wildman–Crippen LogP) is 2.80. The number of aromatic nitrogens is 5. The minimum absolute atomic E-state index is 0.658. The van der Waals surface area contributed by atoms with E-state index >= 15 is 0 Å². The number of hydrogen-bond acceptors (Lipinski definition) is 6. The predicted molar refractivity (Wildman–Crippen MR) is 104 cm³/mol. The molecule has 1 aromatic carbocycles. The topological polar surface area (TPSA) is 83.4 Å². The monoisotopic (exact) mass is 363 g/mol. The quantitative estimate of drug-likeness (QED) is 0.525. The number of ether oxygens (including phenoxy) is 1. The molecule has 0 spiro atoms. The Kier molecular flexibility index (Phi) is 4.71. The summed E-state index contributed by atoms with van der Waals surface area (Å²) in [5.41, 5.74) is 3.59. The average molecular weight is 363 g/mol. The zero-order valence-electron chi connectivity index (χ0n) is 15.3. The van der Waals surface area contributed by atoms with Crippen LogP contribution in [0.2, 0.25) is 0 Å². The van der Waals surface area contributed by atoms with Gasteiger partial charge in [-0.05, 0) is 38.4 Å². The molecule has 0 amide bonds. The lowest BCUT2D eigenvalue weighted by atomic mass is 10.3. The number of nitrogens with zero attached hydrogens (tertiary/aromatic N) is 5. The Morgan fingerprint density at radius 3 is 2.74 bits per heavy atom. The van der Waals surface area contributed by atoms with Crippen molar-refractivity contribution in [2.75, 3.05) is 32.6 Å². The van der Waals surface area contributed by atoms with Crippen LogP contribution in [0.5, 0.6) is 5.75 Å². The van der Waals surface area contributed by atoms with Gasteiger partial charge < -0.3 is 15.0 Å². The average Bonchev–Trinajstić information content (AvgIpc) is 3.32. The molecular formula is C19H21N7O. The number of rotatable bonds is 7. The molecule has 0 atom stereocenters. The van der Waals surface area contributed by atoms with Gasteiger partial charge >= 0.3 is 0 Å². The van der Waals surface area contributed by atoms with E-state index in [4.69, 9.17) is 4.74 Å². The van der Waals surface area contributed by atoms with E-state index in [0.717, 1.165) is 34.9 Å². The van der Waals surface area contributed by atoms with Crippen LogP contribution in [0.25, 0.3) is 16.9 Å². The number of nitrogens with one attached hydrogen (secondary N) is 2. The number of imidazole rings is 1. The van der Waals surface area contributed by atoms with Gasteiger partial charge in [-0.3, -0.25) is 9.50 Å². The minimum atomic E-state index is 0.658. The molecule has 8 heteroatoms. The van der Waals surface area contributed by atoms with Gasteiger partial charge in [0.25, 0.3) is 0 Å². The number of likely N-dealkylation sites (N-methyl/N-ethyl adjacent to an activating group) is 1. The molecule has 2 N–H and O–H groups in total. The van der Waals surface area contributed by atoms with Crippen LogP contribution in [-0.4, -0.2) is 56.7 Å². The Balaban J connectivity index is 1.52. The van der Waals surface area contributed by atoms with E-state index in [1.807, 2.05) is 61.4 Å². The number of anilines is 2. The summed E-state index contributed by atoms with van der Waals surface area (Å²) in [6, 6.07) is 7.83. The van der Waals surface area contributed by atoms with Gasteiger partial charge in [-0.1, -0.05) is 0 Å². The Labute approximate surface area is 156 Å². The standard InChI is InChI=1S/C19H21N7O/c1-25(2)9-10-27-16-5-3-15(4-6-16)24-18-19-21-13-17(14-11-22-23-12-14)26(19)8-7-20-18/h3-8,11-13H,9-10H2,1-2H3,(H,20,24)(H,22,23). The summed E-state index contributed by atoms with van der Waals surface area (Å²) >= 11 is 0. The first kappa shape index (κ1) is 17.0. The van der Waals surface area contributed by atoms with Gasteiger partial charge in [0, 0.05) is 36.4 Å². The Hall–Kier alpha value is -3.39. The van der Waals surface area contributed by atoms with Gasteiger partial charge in [0.2, 0.25) is 0 Å². The van der Waals surface area contributed by atoms with Crippen LogP contribution in [0, 0.1) is 0 Å². The lowest BCUT2D eigenvalue weighted by Gasteiger charge is -2.12. The molecule has 0 saturated heterocycles. The van der Waals surface area contributed by atoms with E-state index in [9.17, 15) is 0 Å². The summed E-state index contributed by atoms with van der Waals surface area (Å²) in [4.78, 5) is 11.0. The number of hydrogen-bond donors (Lipinski definition) is 2. The van der Waals surface area contributed by atoms with Gasteiger partial charge in [-0.15, -0.1) is 0 Å². The molecule has 0 aliphatic rings. The summed E-state index contributed by atoms with van der Waals surface area (Å²) in [6.07, 6.45) is 9.06. The number of benzene rings is 1. The second-order valence-electron chi connectivity index (χ2n) is 6.40. The number of fused-ring (bicyclic) bond motifs is 1. The molecule has 0 radical (unpaired) electrons. The molecule has 4 rings (SSSR count). The van der Waals surface area contributed by atoms with Crippen LogP contribution in [0.1, 0.15) is 0 Å². The lowest BCUT2D eigenvalue weighted by molar-refractivity contribution is 0.261. The lowest BCUT2D eigenvalue weighted by Crippen LogP contribution is -2.19. The molecule has 0 saturated carbocycles. The van der Waals surface area contributed by atoms with Crippen LogP contribution in [0.3, 0.4) is 0 Å². The Bertz CT molecular complexity index is 1010. The zero-order valence-corrected chi connectivity index (χ0v) is 15.3. The van der Waals surface area contributed by atoms with Crippen molar-refractivity contribution in [1.29, 1.82) is 0 Å². The Morgan fingerprint density at radius 2 is 2.00 bits per heavy atom. The Morgan fingerprint density at radius 1 is 1.15 bits per heavy atom. The van der Waals surface area contributed by atoms with E-state index in [1.54, 1.807) is 12.4 Å². The highest BCUT2D eigenvalue weighted by Crippen LogP contribution is 2.25. The van der Waals surface area contributed by atoms with Gasteiger partial charge in [0.1, 0.15) is 12.4 Å². The van der Waals surface area contributed by atoms with Crippen LogP contribution in [0.4, 0.5) is 11.5 Å². The van der Waals surface area contributed by atoms with Crippen LogP contribution in [0.15, 0.2) is 55.2 Å². The molecule has 3 aromatic heterocycles. The van der Waals surface area contributed by atoms with E-state index in [0.29, 0.717) is 12.4 Å². The van der Waals surface area contributed by atoms with Crippen molar-refractivity contribution in [2.45, 2.75) is 0 Å². The summed E-state index contributed by atoms with van der Waals surface area (Å²) in [6.45, 7) is 1.54. The van der Waals surface area contributed by atoms with Gasteiger partial charge in [0.15, 0.2) is 11.5 Å². The molecule has 0 aliphatic heterocycles. The fourth-order valence-corrected chi connectivity index (χ4v) is 2.73. The minimum Gasteiger partial charge on any atom is -0.492 e. The van der Waals surface area contributed by atoms with E-state index < -0.39 is 0 Å². The van der Waals surface area contributed by atoms with E-state index in [2.05, 4.69) is 30.4 Å². The first-order valence-corrected chi connectivity index (χ1v) is 8.66. The van der Waals surface area contributed by atoms with E-state index in [-0.39, 0.29) is 0 Å². The highest BCUT2D eigenvalue weighted by Gasteiger charge is 2.11. The summed E-state index contributed by atoms with van der Waals surface area (Å²) in [5, 5.41) is 10.2. The third-order valence-electron chi connectivity index (χ3n) is 4.15. The highest BCUT2D eigenvalue weighted by atomic mass is 16.5. The largest absolute Gasteiger partial charge is 0.492 e. The van der Waals surface area contributed by atoms with Crippen LogP contribution >= 0.6 is 0 Å². The first-order chi connectivity index (χ1) is 13.2. The molecule has 0 aliphatic carbocycles. The maximum absolute atomic E-state index is 5.73. The van der Waals surface area contributed by atoms with E-state index in [1.165, 1.54) is 0 Å². The first-order valence-electron chi connectivity index (χ1n) is 8.66. The van der Waals surface area contributed by atoms with Gasteiger partial charge in [0.05, 0.1) is 18.1 Å². The van der Waals surface area contributed by atoms with Crippen molar-refractivity contribution in [2.24, 2.45) is 0 Å². The molecular weight excluding hydrogens is 342 g/mol. The SMILES string of the molecule is CN(C)CCOc1ccc(Nc2nccn3c(-c4cn[nH]c4)cnc23)cc1. The fourth-order valence-electron chi connectivity index (χ4n) is 2.73. The van der Waals surface area contributed by atoms with Crippen molar-refractivity contribution in [3.05, 3.63) is 55.2 Å². The third-order valence-corrected chi connectivity index (χ3v) is 4.15. The van der Waals surface area contributed by atoms with Crippen molar-refractivity contribution in [1.82, 2.24) is 29.5 Å². The molecule has 0 unspecified atom stereocenters. The summed E-state index contributed by atoms with van der Waals surface area (Å²) in [5.74, 6) is 1.53. The van der Waals surface area contributed by atoms with Crippen LogP contribution in [-0.2, 0) is 0 Å². The summed E-state index contributed by atoms with van der Waals surface area (Å²) < 4.78 is 7.71. The van der Waals surface area contributed by atoms with Crippen molar-refractivity contribution >= 4 is 17.2 Å². The number of H-pyrrole nitrogens is 1. The molecule has 0 bridgehead atoms. The smallest absolute Gasteiger partial charge is 0.180 e. The second kappa shape index (κ2) is 7.46.